The first kappa shape index (κ1) is 14.8. The van der Waals surface area contributed by atoms with Gasteiger partial charge in [0, 0.05) is 18.8 Å². The number of halogens is 3. The van der Waals surface area contributed by atoms with Crippen molar-refractivity contribution in [2.24, 2.45) is 5.73 Å². The molecule has 0 radical (unpaired) electrons. The summed E-state index contributed by atoms with van der Waals surface area (Å²) in [4.78, 5) is 5.40. The number of anilines is 1. The Balaban J connectivity index is 3.01. The number of nitrogens with two attached hydrogens (primary N) is 1. The summed E-state index contributed by atoms with van der Waals surface area (Å²) in [5.41, 5.74) is 6.99. The fourth-order valence-electron chi connectivity index (χ4n) is 1.76. The summed E-state index contributed by atoms with van der Waals surface area (Å²) in [7, 11) is 0. The van der Waals surface area contributed by atoms with Crippen LogP contribution in [0.2, 0.25) is 0 Å². The molecule has 102 valence electrons. The fourth-order valence-corrected chi connectivity index (χ4v) is 1.76. The quantitative estimate of drug-likeness (QED) is 0.886. The smallest absolute Gasteiger partial charge is 0.348 e. The largest absolute Gasteiger partial charge is 0.405 e. The van der Waals surface area contributed by atoms with Gasteiger partial charge < -0.3 is 10.6 Å². The fraction of sp³-hybridized carbons (Fsp3) is 0.583. The first-order chi connectivity index (χ1) is 8.35. The molecule has 2 N–H and O–H groups in total. The monoisotopic (exact) mass is 261 g/mol. The molecule has 0 fully saturated rings. The van der Waals surface area contributed by atoms with Crippen molar-refractivity contribution < 1.29 is 13.2 Å². The van der Waals surface area contributed by atoms with Crippen molar-refractivity contribution in [2.75, 3.05) is 18.0 Å². The molecule has 6 heteroatoms. The molecule has 0 saturated heterocycles. The van der Waals surface area contributed by atoms with Crippen LogP contribution in [0.15, 0.2) is 12.1 Å². The van der Waals surface area contributed by atoms with Gasteiger partial charge in [0.05, 0.1) is 0 Å². The predicted molar refractivity (Wildman–Crippen MR) is 65.4 cm³/mol. The molecule has 0 unspecified atom stereocenters. The first-order valence-corrected chi connectivity index (χ1v) is 5.85. The lowest BCUT2D eigenvalue weighted by atomic mass is 10.2. The van der Waals surface area contributed by atoms with Gasteiger partial charge >= 0.3 is 6.18 Å². The Morgan fingerprint density at radius 2 is 2.00 bits per heavy atom. The highest BCUT2D eigenvalue weighted by Gasteiger charge is 2.31. The highest BCUT2D eigenvalue weighted by atomic mass is 19.4. The second-order valence-electron chi connectivity index (χ2n) is 4.22. The molecular weight excluding hydrogens is 243 g/mol. The zero-order chi connectivity index (χ0) is 13.8. The summed E-state index contributed by atoms with van der Waals surface area (Å²) in [6, 6.07) is 3.40. The maximum Gasteiger partial charge on any atom is 0.405 e. The Kier molecular flexibility index (Phi) is 4.95. The van der Waals surface area contributed by atoms with Crippen LogP contribution in [0.5, 0.6) is 0 Å². The third kappa shape index (κ3) is 4.52. The van der Waals surface area contributed by atoms with E-state index in [1.165, 1.54) is 4.90 Å². The minimum atomic E-state index is -4.23. The number of nitrogens with zero attached hydrogens (tertiary/aromatic N) is 2. The number of pyridine rings is 1. The van der Waals surface area contributed by atoms with E-state index in [4.69, 9.17) is 5.73 Å². The van der Waals surface area contributed by atoms with Crippen LogP contribution in [-0.4, -0.2) is 24.2 Å². The summed E-state index contributed by atoms with van der Waals surface area (Å²) in [6.45, 7) is 3.22. The van der Waals surface area contributed by atoms with Crippen LogP contribution in [0.4, 0.5) is 19.0 Å². The van der Waals surface area contributed by atoms with Gasteiger partial charge in [0.15, 0.2) is 0 Å². The third-order valence-corrected chi connectivity index (χ3v) is 2.42. The predicted octanol–water partition coefficient (Wildman–Crippen LogP) is 2.63. The van der Waals surface area contributed by atoms with E-state index < -0.39 is 12.7 Å². The Bertz CT molecular complexity index is 391. The average Bonchev–Trinajstić information content (AvgIpc) is 2.26. The lowest BCUT2D eigenvalue weighted by Gasteiger charge is -2.25. The zero-order valence-electron chi connectivity index (χ0n) is 10.6. The van der Waals surface area contributed by atoms with Gasteiger partial charge in [-0.1, -0.05) is 6.92 Å². The number of aryl methyl sites for hydroxylation is 1. The molecule has 0 aromatic carbocycles. The van der Waals surface area contributed by atoms with Crippen molar-refractivity contribution in [1.82, 2.24) is 4.98 Å². The second kappa shape index (κ2) is 6.04. The Morgan fingerprint density at radius 3 is 2.50 bits per heavy atom. The summed E-state index contributed by atoms with van der Waals surface area (Å²) >= 11 is 0. The molecular formula is C12H18F3N3. The van der Waals surface area contributed by atoms with Gasteiger partial charge in [0.2, 0.25) is 0 Å². The summed E-state index contributed by atoms with van der Waals surface area (Å²) in [5.74, 6) is 0.342. The van der Waals surface area contributed by atoms with Gasteiger partial charge in [0.25, 0.3) is 0 Å². The van der Waals surface area contributed by atoms with Crippen molar-refractivity contribution in [3.63, 3.8) is 0 Å². The van der Waals surface area contributed by atoms with Crippen LogP contribution in [0.3, 0.4) is 0 Å². The highest BCUT2D eigenvalue weighted by Crippen LogP contribution is 2.22. The van der Waals surface area contributed by atoms with Crippen molar-refractivity contribution in [1.29, 1.82) is 0 Å². The molecule has 0 spiro atoms. The minimum absolute atomic E-state index is 0.294. The van der Waals surface area contributed by atoms with E-state index in [0.717, 1.165) is 5.56 Å². The van der Waals surface area contributed by atoms with E-state index in [2.05, 4.69) is 4.98 Å². The van der Waals surface area contributed by atoms with Crippen LogP contribution in [-0.2, 0) is 6.54 Å². The van der Waals surface area contributed by atoms with Crippen LogP contribution < -0.4 is 10.6 Å². The average molecular weight is 261 g/mol. The molecule has 3 nitrogen and oxygen atoms in total. The van der Waals surface area contributed by atoms with Gasteiger partial charge in [-0.25, -0.2) is 4.98 Å². The summed E-state index contributed by atoms with van der Waals surface area (Å²) < 4.78 is 37.5. The van der Waals surface area contributed by atoms with E-state index in [1.54, 1.807) is 19.1 Å². The van der Waals surface area contributed by atoms with Crippen LogP contribution >= 0.6 is 0 Å². The molecule has 0 aliphatic rings. The Hall–Kier alpha value is -1.30. The minimum Gasteiger partial charge on any atom is -0.348 e. The Labute approximate surface area is 105 Å². The number of aromatic nitrogens is 1. The topological polar surface area (TPSA) is 42.1 Å². The van der Waals surface area contributed by atoms with E-state index >= 15 is 0 Å². The molecule has 0 bridgehead atoms. The van der Waals surface area contributed by atoms with Gasteiger partial charge in [0.1, 0.15) is 12.4 Å². The molecule has 0 aliphatic carbocycles. The van der Waals surface area contributed by atoms with Crippen molar-refractivity contribution in [3.05, 3.63) is 23.4 Å². The SMILES string of the molecule is CCCN(CC(F)(F)F)c1cc(CN)cc(C)n1. The number of alkyl halides is 3. The van der Waals surface area contributed by atoms with Crippen LogP contribution in [0, 0.1) is 6.92 Å². The van der Waals surface area contributed by atoms with Gasteiger partial charge in [-0.05, 0) is 31.0 Å². The van der Waals surface area contributed by atoms with Crippen molar-refractivity contribution >= 4 is 5.82 Å². The molecule has 0 aliphatic heterocycles. The van der Waals surface area contributed by atoms with E-state index in [0.29, 0.717) is 31.0 Å². The number of rotatable bonds is 5. The zero-order valence-corrected chi connectivity index (χ0v) is 10.6. The standard InChI is InChI=1S/C12H18F3N3/c1-3-4-18(8-12(13,14)15)11-6-10(7-16)5-9(2)17-11/h5-6H,3-4,7-8,16H2,1-2H3. The highest BCUT2D eigenvalue weighted by molar-refractivity contribution is 5.42. The van der Waals surface area contributed by atoms with Crippen molar-refractivity contribution in [3.8, 4) is 0 Å². The van der Waals surface area contributed by atoms with E-state index in [-0.39, 0.29) is 0 Å². The van der Waals surface area contributed by atoms with E-state index in [9.17, 15) is 13.2 Å². The van der Waals surface area contributed by atoms with Gasteiger partial charge in [-0.3, -0.25) is 0 Å². The maximum absolute atomic E-state index is 12.5. The molecule has 1 heterocycles. The number of hydrogen-bond acceptors (Lipinski definition) is 3. The lowest BCUT2D eigenvalue weighted by molar-refractivity contribution is -0.119. The number of hydrogen-bond donors (Lipinski definition) is 1. The molecule has 1 rings (SSSR count). The third-order valence-electron chi connectivity index (χ3n) is 2.42. The maximum atomic E-state index is 12.5. The van der Waals surface area contributed by atoms with Gasteiger partial charge in [-0.15, -0.1) is 0 Å². The molecule has 0 saturated carbocycles. The molecule has 1 aromatic rings. The lowest BCUT2D eigenvalue weighted by Crippen LogP contribution is -2.35. The Morgan fingerprint density at radius 1 is 1.33 bits per heavy atom. The van der Waals surface area contributed by atoms with E-state index in [1.807, 2.05) is 6.92 Å². The summed E-state index contributed by atoms with van der Waals surface area (Å²) in [6.07, 6.45) is -3.60. The molecule has 1 aromatic heterocycles. The van der Waals surface area contributed by atoms with Crippen LogP contribution in [0.25, 0.3) is 0 Å². The summed E-state index contributed by atoms with van der Waals surface area (Å²) in [5, 5.41) is 0. The van der Waals surface area contributed by atoms with Crippen LogP contribution in [0.1, 0.15) is 24.6 Å². The molecule has 18 heavy (non-hydrogen) atoms. The first-order valence-electron chi connectivity index (χ1n) is 5.85. The van der Waals surface area contributed by atoms with Gasteiger partial charge in [-0.2, -0.15) is 13.2 Å². The second-order valence-corrected chi connectivity index (χ2v) is 4.22. The van der Waals surface area contributed by atoms with Crippen molar-refractivity contribution in [2.45, 2.75) is 33.0 Å². The molecule has 0 amide bonds. The normalized spacial score (nSPS) is 11.7. The molecule has 0 atom stereocenters.